The molecule has 0 saturated carbocycles. The van der Waals surface area contributed by atoms with Crippen LogP contribution in [0.1, 0.15) is 18.3 Å². The summed E-state index contributed by atoms with van der Waals surface area (Å²) in [6, 6.07) is 4.87. The zero-order chi connectivity index (χ0) is 12.8. The molecule has 0 bridgehead atoms. The molecule has 0 aliphatic carbocycles. The molecule has 2 aromatic rings. The van der Waals surface area contributed by atoms with Crippen molar-refractivity contribution in [2.45, 2.75) is 20.1 Å². The van der Waals surface area contributed by atoms with Gasteiger partial charge >= 0.3 is 0 Å². The molecule has 96 valence electrons. The van der Waals surface area contributed by atoms with Crippen LogP contribution in [-0.2, 0) is 13.2 Å². The van der Waals surface area contributed by atoms with E-state index in [4.69, 9.17) is 4.74 Å². The fourth-order valence-electron chi connectivity index (χ4n) is 1.44. The molecule has 2 rings (SSSR count). The Bertz CT molecular complexity index is 488. The van der Waals surface area contributed by atoms with Crippen LogP contribution in [0.3, 0.4) is 0 Å². The van der Waals surface area contributed by atoms with Crippen molar-refractivity contribution in [1.29, 1.82) is 0 Å². The Hall–Kier alpha value is -1.95. The maximum Gasteiger partial charge on any atom is 0.213 e. The van der Waals surface area contributed by atoms with Crippen LogP contribution in [0.5, 0.6) is 5.75 Å². The molecule has 0 unspecified atom stereocenters. The Morgan fingerprint density at radius 2 is 2.33 bits per heavy atom. The number of benzene rings is 1. The molecule has 5 nitrogen and oxygen atoms in total. The van der Waals surface area contributed by atoms with Gasteiger partial charge in [0.05, 0.1) is 0 Å². The van der Waals surface area contributed by atoms with Crippen LogP contribution in [0.4, 0.5) is 4.39 Å². The Kier molecular flexibility index (Phi) is 4.25. The molecule has 0 radical (unpaired) electrons. The van der Waals surface area contributed by atoms with Crippen molar-refractivity contribution in [3.8, 4) is 5.75 Å². The van der Waals surface area contributed by atoms with Crippen LogP contribution >= 0.6 is 0 Å². The van der Waals surface area contributed by atoms with Crippen LogP contribution in [-0.4, -0.2) is 16.7 Å². The fourth-order valence-corrected chi connectivity index (χ4v) is 1.44. The smallest absolute Gasteiger partial charge is 0.213 e. The van der Waals surface area contributed by atoms with Gasteiger partial charge in [-0.1, -0.05) is 18.1 Å². The lowest BCUT2D eigenvalue weighted by atomic mass is 10.2. The van der Waals surface area contributed by atoms with E-state index in [2.05, 4.69) is 20.0 Å². The highest BCUT2D eigenvalue weighted by Crippen LogP contribution is 2.19. The minimum absolute atomic E-state index is 0.0833. The van der Waals surface area contributed by atoms with Crippen molar-refractivity contribution in [2.24, 2.45) is 0 Å². The van der Waals surface area contributed by atoms with Gasteiger partial charge in [0, 0.05) is 6.54 Å². The highest BCUT2D eigenvalue weighted by atomic mass is 19.1. The van der Waals surface area contributed by atoms with E-state index in [0.717, 1.165) is 12.1 Å². The van der Waals surface area contributed by atoms with Gasteiger partial charge in [-0.25, -0.2) is 4.39 Å². The minimum Gasteiger partial charge on any atom is -0.482 e. The average Bonchev–Trinajstić information content (AvgIpc) is 2.88. The van der Waals surface area contributed by atoms with E-state index in [9.17, 15) is 4.39 Å². The van der Waals surface area contributed by atoms with E-state index in [0.29, 0.717) is 12.4 Å². The normalized spacial score (nSPS) is 10.6. The third-order valence-corrected chi connectivity index (χ3v) is 2.34. The maximum absolute atomic E-state index is 13.7. The van der Waals surface area contributed by atoms with Gasteiger partial charge in [0.25, 0.3) is 0 Å². The van der Waals surface area contributed by atoms with Crippen LogP contribution in [0, 0.1) is 5.82 Å². The summed E-state index contributed by atoms with van der Waals surface area (Å²) in [6.45, 7) is 3.56. The third kappa shape index (κ3) is 3.27. The van der Waals surface area contributed by atoms with Crippen molar-refractivity contribution < 1.29 is 13.7 Å². The first-order valence-electron chi connectivity index (χ1n) is 5.66. The van der Waals surface area contributed by atoms with E-state index < -0.39 is 5.82 Å². The first kappa shape index (κ1) is 12.5. The second kappa shape index (κ2) is 6.11. The van der Waals surface area contributed by atoms with Gasteiger partial charge in [-0.3, -0.25) is 0 Å². The summed E-state index contributed by atoms with van der Waals surface area (Å²) < 4.78 is 23.5. The number of hydrogen-bond donors (Lipinski definition) is 1. The number of nitrogens with zero attached hydrogens (tertiary/aromatic N) is 2. The van der Waals surface area contributed by atoms with E-state index in [1.807, 2.05) is 13.0 Å². The Morgan fingerprint density at radius 3 is 3.00 bits per heavy atom. The Labute approximate surface area is 104 Å². The molecule has 1 heterocycles. The molecule has 1 aromatic carbocycles. The zero-order valence-electron chi connectivity index (χ0n) is 10.0. The van der Waals surface area contributed by atoms with Gasteiger partial charge in [-0.2, -0.15) is 4.98 Å². The Balaban J connectivity index is 1.96. The highest BCUT2D eigenvalue weighted by molar-refractivity contribution is 5.29. The fraction of sp³-hybridized carbons (Fsp3) is 0.333. The summed E-state index contributed by atoms with van der Waals surface area (Å²) in [6.07, 6.45) is 1.20. The summed E-state index contributed by atoms with van der Waals surface area (Å²) >= 11 is 0. The van der Waals surface area contributed by atoms with Gasteiger partial charge in [0.1, 0.15) is 0 Å². The van der Waals surface area contributed by atoms with E-state index >= 15 is 0 Å². The highest BCUT2D eigenvalue weighted by Gasteiger charge is 2.06. The van der Waals surface area contributed by atoms with Crippen molar-refractivity contribution in [3.63, 3.8) is 0 Å². The molecule has 1 N–H and O–H groups in total. The largest absolute Gasteiger partial charge is 0.482 e. The number of aromatic nitrogens is 2. The molecule has 0 aliphatic rings. The maximum atomic E-state index is 13.7. The summed E-state index contributed by atoms with van der Waals surface area (Å²) in [4.78, 5) is 3.78. The molecule has 0 atom stereocenters. The molecular weight excluding hydrogens is 237 g/mol. The summed E-state index contributed by atoms with van der Waals surface area (Å²) in [5.41, 5.74) is 0.876. The van der Waals surface area contributed by atoms with Gasteiger partial charge in [-0.05, 0) is 24.2 Å². The predicted molar refractivity (Wildman–Crippen MR) is 62.4 cm³/mol. The Morgan fingerprint density at radius 1 is 1.44 bits per heavy atom. The number of rotatable bonds is 6. The standard InChI is InChI=1S/C12H14FN3O2/c1-2-14-6-9-3-4-11(10(13)5-9)17-7-12-15-8-18-16-12/h3-5,8,14H,2,6-7H2,1H3. The van der Waals surface area contributed by atoms with E-state index in [1.54, 1.807) is 6.07 Å². The molecule has 0 spiro atoms. The molecule has 6 heteroatoms. The topological polar surface area (TPSA) is 60.2 Å². The van der Waals surface area contributed by atoms with E-state index in [1.165, 1.54) is 12.5 Å². The zero-order valence-corrected chi connectivity index (χ0v) is 10.0. The first-order valence-corrected chi connectivity index (χ1v) is 5.66. The lowest BCUT2D eigenvalue weighted by Crippen LogP contribution is -2.11. The van der Waals surface area contributed by atoms with Crippen LogP contribution < -0.4 is 10.1 Å². The number of nitrogens with one attached hydrogen (secondary N) is 1. The first-order chi connectivity index (χ1) is 8.79. The van der Waals surface area contributed by atoms with Crippen LogP contribution in [0.2, 0.25) is 0 Å². The molecule has 0 fully saturated rings. The monoisotopic (exact) mass is 251 g/mol. The van der Waals surface area contributed by atoms with Crippen LogP contribution in [0.25, 0.3) is 0 Å². The molecule has 18 heavy (non-hydrogen) atoms. The van der Waals surface area contributed by atoms with E-state index in [-0.39, 0.29) is 12.4 Å². The quantitative estimate of drug-likeness (QED) is 0.849. The predicted octanol–water partition coefficient (Wildman–Crippen LogP) is 1.90. The molecule has 0 aliphatic heterocycles. The van der Waals surface area contributed by atoms with Crippen molar-refractivity contribution in [1.82, 2.24) is 15.5 Å². The SMILES string of the molecule is CCNCc1ccc(OCc2ncon2)c(F)c1. The molecule has 0 amide bonds. The van der Waals surface area contributed by atoms with Gasteiger partial charge in [0.15, 0.2) is 18.2 Å². The number of halogens is 1. The summed E-state index contributed by atoms with van der Waals surface area (Å²) in [5.74, 6) is 0.167. The van der Waals surface area contributed by atoms with Gasteiger partial charge < -0.3 is 14.6 Å². The minimum atomic E-state index is -0.395. The lowest BCUT2D eigenvalue weighted by Gasteiger charge is -2.07. The van der Waals surface area contributed by atoms with Crippen LogP contribution in [0.15, 0.2) is 29.1 Å². The van der Waals surface area contributed by atoms with Gasteiger partial charge in [0.2, 0.25) is 12.2 Å². The second-order valence-corrected chi connectivity index (χ2v) is 3.68. The summed E-state index contributed by atoms with van der Waals surface area (Å²) in [5, 5.41) is 6.70. The summed E-state index contributed by atoms with van der Waals surface area (Å²) in [7, 11) is 0. The average molecular weight is 251 g/mol. The van der Waals surface area contributed by atoms with Crippen molar-refractivity contribution in [2.75, 3.05) is 6.54 Å². The molecule has 0 saturated heterocycles. The number of hydrogen-bond acceptors (Lipinski definition) is 5. The third-order valence-electron chi connectivity index (χ3n) is 2.34. The van der Waals surface area contributed by atoms with Crippen molar-refractivity contribution >= 4 is 0 Å². The molecule has 1 aromatic heterocycles. The van der Waals surface area contributed by atoms with Gasteiger partial charge in [-0.15, -0.1) is 0 Å². The lowest BCUT2D eigenvalue weighted by molar-refractivity contribution is 0.273. The molecular formula is C12H14FN3O2. The second-order valence-electron chi connectivity index (χ2n) is 3.68. The van der Waals surface area contributed by atoms with Crippen molar-refractivity contribution in [3.05, 3.63) is 41.8 Å². The number of ether oxygens (including phenoxy) is 1.